The summed E-state index contributed by atoms with van der Waals surface area (Å²) >= 11 is 0. The Morgan fingerprint density at radius 3 is 2.38 bits per heavy atom. The van der Waals surface area contributed by atoms with Gasteiger partial charge in [-0.25, -0.2) is 0 Å². The molecule has 1 aliphatic carbocycles. The van der Waals surface area contributed by atoms with Crippen LogP contribution in [0.3, 0.4) is 0 Å². The summed E-state index contributed by atoms with van der Waals surface area (Å²) in [7, 11) is 0. The van der Waals surface area contributed by atoms with Crippen molar-refractivity contribution < 1.29 is 0 Å². The van der Waals surface area contributed by atoms with Gasteiger partial charge in [0.2, 0.25) is 0 Å². The van der Waals surface area contributed by atoms with Gasteiger partial charge in [-0.05, 0) is 37.3 Å². The van der Waals surface area contributed by atoms with Crippen LogP contribution in [0.2, 0.25) is 0 Å². The largest absolute Gasteiger partial charge is 0.317 e. The molecule has 1 unspecified atom stereocenters. The summed E-state index contributed by atoms with van der Waals surface area (Å²) in [6.45, 7) is 9.30. The molecule has 0 aromatic carbocycles. The van der Waals surface area contributed by atoms with Crippen molar-refractivity contribution in [3.63, 3.8) is 0 Å². The van der Waals surface area contributed by atoms with Gasteiger partial charge in [-0.15, -0.1) is 0 Å². The van der Waals surface area contributed by atoms with Gasteiger partial charge in [-0.2, -0.15) is 0 Å². The Labute approximate surface area is 102 Å². The zero-order chi connectivity index (χ0) is 11.8. The van der Waals surface area contributed by atoms with Crippen LogP contribution in [-0.4, -0.2) is 13.1 Å². The molecule has 0 amide bonds. The van der Waals surface area contributed by atoms with E-state index in [1.54, 1.807) is 0 Å². The molecule has 1 fully saturated rings. The van der Waals surface area contributed by atoms with Crippen molar-refractivity contribution in [2.24, 2.45) is 17.8 Å². The molecule has 0 aromatic heterocycles. The van der Waals surface area contributed by atoms with Gasteiger partial charge in [0.25, 0.3) is 0 Å². The highest BCUT2D eigenvalue weighted by molar-refractivity contribution is 4.77. The fraction of sp³-hybridized carbons (Fsp3) is 1.00. The van der Waals surface area contributed by atoms with Gasteiger partial charge in [0.05, 0.1) is 0 Å². The Morgan fingerprint density at radius 2 is 1.81 bits per heavy atom. The highest BCUT2D eigenvalue weighted by Crippen LogP contribution is 2.33. The Morgan fingerprint density at radius 1 is 1.12 bits per heavy atom. The first-order valence-electron chi connectivity index (χ1n) is 7.44. The number of nitrogens with one attached hydrogen (secondary N) is 1. The lowest BCUT2D eigenvalue weighted by molar-refractivity contribution is 0.293. The second-order valence-electron chi connectivity index (χ2n) is 5.94. The van der Waals surface area contributed by atoms with E-state index in [-0.39, 0.29) is 0 Å². The molecule has 1 atom stereocenters. The summed E-state index contributed by atoms with van der Waals surface area (Å²) in [4.78, 5) is 0. The molecule has 0 aromatic rings. The molecule has 1 rings (SSSR count). The van der Waals surface area contributed by atoms with Crippen LogP contribution in [0, 0.1) is 17.8 Å². The third kappa shape index (κ3) is 5.34. The fourth-order valence-corrected chi connectivity index (χ4v) is 3.05. The molecule has 0 radical (unpaired) electrons. The predicted molar refractivity (Wildman–Crippen MR) is 72.7 cm³/mol. The number of rotatable bonds is 8. The first-order valence-corrected chi connectivity index (χ1v) is 7.44. The maximum atomic E-state index is 3.56. The van der Waals surface area contributed by atoms with Crippen LogP contribution in [0.15, 0.2) is 0 Å². The van der Waals surface area contributed by atoms with Crippen LogP contribution >= 0.6 is 0 Å². The molecule has 0 saturated heterocycles. The fourth-order valence-electron chi connectivity index (χ4n) is 3.05. The third-order valence-electron chi connectivity index (χ3n) is 4.08. The van der Waals surface area contributed by atoms with Gasteiger partial charge in [-0.3, -0.25) is 0 Å². The molecule has 0 heterocycles. The van der Waals surface area contributed by atoms with Crippen molar-refractivity contribution in [3.8, 4) is 0 Å². The van der Waals surface area contributed by atoms with Gasteiger partial charge in [0.1, 0.15) is 0 Å². The molecule has 96 valence electrons. The molecule has 0 bridgehead atoms. The zero-order valence-corrected chi connectivity index (χ0v) is 11.6. The van der Waals surface area contributed by atoms with E-state index in [4.69, 9.17) is 0 Å². The Bertz CT molecular complexity index is 159. The second-order valence-corrected chi connectivity index (χ2v) is 5.94. The molecule has 1 aliphatic rings. The summed E-state index contributed by atoms with van der Waals surface area (Å²) in [6, 6.07) is 0. The zero-order valence-electron chi connectivity index (χ0n) is 11.6. The average molecular weight is 225 g/mol. The van der Waals surface area contributed by atoms with E-state index in [2.05, 4.69) is 26.1 Å². The Hall–Kier alpha value is -0.0400. The molecule has 1 heteroatoms. The van der Waals surface area contributed by atoms with Crippen LogP contribution < -0.4 is 5.32 Å². The van der Waals surface area contributed by atoms with Crippen molar-refractivity contribution in [1.82, 2.24) is 5.32 Å². The number of hydrogen-bond donors (Lipinski definition) is 1. The molecule has 16 heavy (non-hydrogen) atoms. The van der Waals surface area contributed by atoms with Gasteiger partial charge < -0.3 is 5.32 Å². The van der Waals surface area contributed by atoms with Crippen LogP contribution in [0.1, 0.15) is 65.7 Å². The molecule has 0 spiro atoms. The average Bonchev–Trinajstić information content (AvgIpc) is 2.75. The molecule has 1 saturated carbocycles. The van der Waals surface area contributed by atoms with Gasteiger partial charge in [0, 0.05) is 0 Å². The normalized spacial score (nSPS) is 19.5. The topological polar surface area (TPSA) is 12.0 Å². The lowest BCUT2D eigenvalue weighted by Crippen LogP contribution is -2.27. The third-order valence-corrected chi connectivity index (χ3v) is 4.08. The summed E-state index contributed by atoms with van der Waals surface area (Å²) in [5.74, 6) is 2.87. The van der Waals surface area contributed by atoms with Crippen LogP contribution in [-0.2, 0) is 0 Å². The predicted octanol–water partition coefficient (Wildman–Crippen LogP) is 4.23. The summed E-state index contributed by atoms with van der Waals surface area (Å²) < 4.78 is 0. The van der Waals surface area contributed by atoms with E-state index in [0.717, 1.165) is 24.3 Å². The molecule has 0 aliphatic heterocycles. The highest BCUT2D eigenvalue weighted by atomic mass is 14.8. The molecular weight excluding hydrogens is 194 g/mol. The van der Waals surface area contributed by atoms with Crippen LogP contribution in [0.4, 0.5) is 0 Å². The molecule has 1 N–H and O–H groups in total. The Kier molecular flexibility index (Phi) is 7.11. The van der Waals surface area contributed by atoms with Crippen molar-refractivity contribution in [3.05, 3.63) is 0 Å². The van der Waals surface area contributed by atoms with Crippen molar-refractivity contribution in [2.75, 3.05) is 13.1 Å². The van der Waals surface area contributed by atoms with E-state index in [1.807, 2.05) is 0 Å². The van der Waals surface area contributed by atoms with E-state index in [0.29, 0.717) is 0 Å². The minimum absolute atomic E-state index is 0.878. The standard InChI is InChI=1S/C15H31N/c1-4-16-12-15(11-7-8-13(2)3)14-9-5-6-10-14/h13-16H,4-12H2,1-3H3. The summed E-state index contributed by atoms with van der Waals surface area (Å²) in [5.41, 5.74) is 0. The lowest BCUT2D eigenvalue weighted by Gasteiger charge is -2.24. The van der Waals surface area contributed by atoms with E-state index in [1.165, 1.54) is 51.5 Å². The first-order chi connectivity index (χ1) is 7.74. The minimum atomic E-state index is 0.878. The Balaban J connectivity index is 2.25. The molecule has 1 nitrogen and oxygen atoms in total. The maximum Gasteiger partial charge on any atom is -0.00180 e. The second kappa shape index (κ2) is 8.11. The first kappa shape index (κ1) is 14.0. The van der Waals surface area contributed by atoms with Gasteiger partial charge in [-0.1, -0.05) is 59.3 Å². The van der Waals surface area contributed by atoms with Gasteiger partial charge in [0.15, 0.2) is 0 Å². The quantitative estimate of drug-likeness (QED) is 0.652. The molecular formula is C15H31N. The van der Waals surface area contributed by atoms with E-state index >= 15 is 0 Å². The van der Waals surface area contributed by atoms with Gasteiger partial charge >= 0.3 is 0 Å². The van der Waals surface area contributed by atoms with Crippen LogP contribution in [0.25, 0.3) is 0 Å². The van der Waals surface area contributed by atoms with Crippen LogP contribution in [0.5, 0.6) is 0 Å². The van der Waals surface area contributed by atoms with E-state index in [9.17, 15) is 0 Å². The monoisotopic (exact) mass is 225 g/mol. The smallest absolute Gasteiger partial charge is 0.00180 e. The van der Waals surface area contributed by atoms with E-state index < -0.39 is 0 Å². The number of hydrogen-bond acceptors (Lipinski definition) is 1. The van der Waals surface area contributed by atoms with Crippen molar-refractivity contribution in [1.29, 1.82) is 0 Å². The van der Waals surface area contributed by atoms with Crippen molar-refractivity contribution >= 4 is 0 Å². The lowest BCUT2D eigenvalue weighted by atomic mass is 9.86. The summed E-state index contributed by atoms with van der Waals surface area (Å²) in [5, 5.41) is 3.56. The van der Waals surface area contributed by atoms with Crippen molar-refractivity contribution in [2.45, 2.75) is 65.7 Å². The SMILES string of the molecule is CCNCC(CCCC(C)C)C1CCCC1. The summed E-state index contributed by atoms with van der Waals surface area (Å²) in [6.07, 6.45) is 10.3. The highest BCUT2D eigenvalue weighted by Gasteiger charge is 2.24. The minimum Gasteiger partial charge on any atom is -0.317 e. The maximum absolute atomic E-state index is 3.56.